The molecule has 1 aromatic carbocycles. The number of hydrogen-bond acceptors (Lipinski definition) is 7. The van der Waals surface area contributed by atoms with Crippen molar-refractivity contribution in [1.29, 1.82) is 0 Å². The molecule has 10 nitrogen and oxygen atoms in total. The van der Waals surface area contributed by atoms with Gasteiger partial charge in [-0.2, -0.15) is 0 Å². The second-order valence-electron chi connectivity index (χ2n) is 9.07. The minimum atomic E-state index is -0.636. The van der Waals surface area contributed by atoms with E-state index in [-0.39, 0.29) is 36.2 Å². The normalized spacial score (nSPS) is 15.8. The molecule has 0 bridgehead atoms. The van der Waals surface area contributed by atoms with Gasteiger partial charge in [-0.25, -0.2) is 9.97 Å². The Bertz CT molecular complexity index is 1070. The van der Waals surface area contributed by atoms with E-state index in [1.54, 1.807) is 43.9 Å². The molecule has 0 unspecified atom stereocenters. The second-order valence-corrected chi connectivity index (χ2v) is 9.07. The first-order valence-electron chi connectivity index (χ1n) is 10.8. The highest BCUT2D eigenvalue weighted by Gasteiger charge is 2.28. The molecule has 0 saturated carbocycles. The molecule has 174 valence electrons. The maximum atomic E-state index is 12.9. The van der Waals surface area contributed by atoms with Gasteiger partial charge in [0.1, 0.15) is 0 Å². The lowest BCUT2D eigenvalue weighted by Gasteiger charge is -2.32. The number of benzene rings is 1. The fourth-order valence-corrected chi connectivity index (χ4v) is 3.58. The Morgan fingerprint density at radius 2 is 1.73 bits per heavy atom. The van der Waals surface area contributed by atoms with Crippen LogP contribution in [-0.2, 0) is 4.79 Å². The van der Waals surface area contributed by atoms with E-state index < -0.39 is 11.3 Å². The third kappa shape index (κ3) is 5.05. The molecular formula is C23H27N5O5. The number of nitrogens with one attached hydrogen (secondary N) is 2. The van der Waals surface area contributed by atoms with Crippen molar-refractivity contribution in [2.45, 2.75) is 39.7 Å². The zero-order chi connectivity index (χ0) is 23.6. The van der Waals surface area contributed by atoms with Crippen LogP contribution in [0.5, 0.6) is 11.5 Å². The van der Waals surface area contributed by atoms with Gasteiger partial charge in [0.25, 0.3) is 11.8 Å². The lowest BCUT2D eigenvalue weighted by Crippen LogP contribution is -2.46. The fourth-order valence-electron chi connectivity index (χ4n) is 3.58. The zero-order valence-electron chi connectivity index (χ0n) is 18.9. The van der Waals surface area contributed by atoms with Crippen molar-refractivity contribution in [1.82, 2.24) is 20.2 Å². The number of ether oxygens (including phenoxy) is 2. The summed E-state index contributed by atoms with van der Waals surface area (Å²) in [4.78, 5) is 48.0. The minimum Gasteiger partial charge on any atom is -0.454 e. The Morgan fingerprint density at radius 1 is 1.03 bits per heavy atom. The molecule has 33 heavy (non-hydrogen) atoms. The van der Waals surface area contributed by atoms with E-state index in [9.17, 15) is 14.4 Å². The molecule has 0 aliphatic carbocycles. The molecule has 2 N–H and O–H groups in total. The molecule has 3 heterocycles. The molecule has 1 saturated heterocycles. The number of carbonyl (C=O) groups excluding carboxylic acids is 3. The molecule has 4 rings (SSSR count). The van der Waals surface area contributed by atoms with Gasteiger partial charge in [-0.05, 0) is 31.0 Å². The molecule has 3 amide bonds. The van der Waals surface area contributed by atoms with Crippen LogP contribution >= 0.6 is 0 Å². The third-order valence-corrected chi connectivity index (χ3v) is 5.56. The summed E-state index contributed by atoms with van der Waals surface area (Å²) in [6, 6.07) is 5.04. The maximum Gasteiger partial charge on any atom is 0.273 e. The molecule has 0 radical (unpaired) electrons. The number of anilines is 1. The standard InChI is InChI=1S/C23H27N5O5/c1-23(2,3)22(31)27-19-18(24-8-9-25-19)20(29)26-15-6-10-28(11-7-15)21(30)14-4-5-16-17(12-14)33-13-32-16/h4-5,8-9,12,15H,6-7,10-11,13H2,1-3H3,(H,26,29)(H,25,27,31). The van der Waals surface area contributed by atoms with E-state index in [2.05, 4.69) is 20.6 Å². The Balaban J connectivity index is 1.34. The van der Waals surface area contributed by atoms with Crippen LogP contribution in [0.25, 0.3) is 0 Å². The van der Waals surface area contributed by atoms with Crippen molar-refractivity contribution >= 4 is 23.5 Å². The molecule has 1 fully saturated rings. The summed E-state index contributed by atoms with van der Waals surface area (Å²) in [5.74, 6) is 0.584. The molecule has 0 atom stereocenters. The van der Waals surface area contributed by atoms with E-state index in [0.717, 1.165) is 0 Å². The Hall–Kier alpha value is -3.69. The van der Waals surface area contributed by atoms with Crippen LogP contribution < -0.4 is 20.1 Å². The second kappa shape index (κ2) is 9.05. The quantitative estimate of drug-likeness (QED) is 0.728. The lowest BCUT2D eigenvalue weighted by atomic mass is 9.96. The summed E-state index contributed by atoms with van der Waals surface area (Å²) in [6.07, 6.45) is 4.04. The lowest BCUT2D eigenvalue weighted by molar-refractivity contribution is -0.123. The zero-order valence-corrected chi connectivity index (χ0v) is 18.9. The van der Waals surface area contributed by atoms with Crippen molar-refractivity contribution in [3.8, 4) is 11.5 Å². The number of likely N-dealkylation sites (tertiary alicyclic amines) is 1. The van der Waals surface area contributed by atoms with Crippen LogP contribution in [0.1, 0.15) is 54.5 Å². The summed E-state index contributed by atoms with van der Waals surface area (Å²) < 4.78 is 10.6. The van der Waals surface area contributed by atoms with Crippen molar-refractivity contribution in [3.63, 3.8) is 0 Å². The predicted octanol–water partition coefficient (Wildman–Crippen LogP) is 2.22. The summed E-state index contributed by atoms with van der Waals surface area (Å²) in [6.45, 7) is 6.50. The highest BCUT2D eigenvalue weighted by atomic mass is 16.7. The van der Waals surface area contributed by atoms with Crippen LogP contribution in [0.2, 0.25) is 0 Å². The van der Waals surface area contributed by atoms with Crippen LogP contribution in [0.15, 0.2) is 30.6 Å². The largest absolute Gasteiger partial charge is 0.454 e. The summed E-state index contributed by atoms with van der Waals surface area (Å²) >= 11 is 0. The number of piperidine rings is 1. The van der Waals surface area contributed by atoms with Gasteiger partial charge in [-0.1, -0.05) is 20.8 Å². The van der Waals surface area contributed by atoms with Gasteiger partial charge in [-0.3, -0.25) is 14.4 Å². The van der Waals surface area contributed by atoms with Crippen molar-refractivity contribution in [2.75, 3.05) is 25.2 Å². The molecule has 2 aromatic rings. The topological polar surface area (TPSA) is 123 Å². The van der Waals surface area contributed by atoms with Gasteiger partial charge in [0.15, 0.2) is 23.0 Å². The van der Waals surface area contributed by atoms with Crippen molar-refractivity contribution in [3.05, 3.63) is 41.9 Å². The fraction of sp³-hybridized carbons (Fsp3) is 0.435. The van der Waals surface area contributed by atoms with E-state index >= 15 is 0 Å². The van der Waals surface area contributed by atoms with Gasteiger partial charge < -0.3 is 25.0 Å². The Morgan fingerprint density at radius 3 is 2.45 bits per heavy atom. The van der Waals surface area contributed by atoms with E-state index in [0.29, 0.717) is 43.0 Å². The third-order valence-electron chi connectivity index (χ3n) is 5.56. The first-order chi connectivity index (χ1) is 15.7. The first-order valence-corrected chi connectivity index (χ1v) is 10.8. The average Bonchev–Trinajstić information content (AvgIpc) is 3.27. The Labute approximate surface area is 191 Å². The number of aromatic nitrogens is 2. The predicted molar refractivity (Wildman–Crippen MR) is 119 cm³/mol. The van der Waals surface area contributed by atoms with Crippen LogP contribution in [0.3, 0.4) is 0 Å². The number of nitrogens with zero attached hydrogens (tertiary/aromatic N) is 3. The van der Waals surface area contributed by atoms with E-state index in [4.69, 9.17) is 9.47 Å². The molecule has 0 spiro atoms. The molecule has 1 aromatic heterocycles. The average molecular weight is 453 g/mol. The number of fused-ring (bicyclic) bond motifs is 1. The van der Waals surface area contributed by atoms with E-state index in [1.165, 1.54) is 12.4 Å². The summed E-state index contributed by atoms with van der Waals surface area (Å²) in [7, 11) is 0. The van der Waals surface area contributed by atoms with Gasteiger partial charge >= 0.3 is 0 Å². The van der Waals surface area contributed by atoms with Gasteiger partial charge in [-0.15, -0.1) is 0 Å². The van der Waals surface area contributed by atoms with Crippen molar-refractivity contribution in [2.24, 2.45) is 5.41 Å². The molecular weight excluding hydrogens is 426 g/mol. The monoisotopic (exact) mass is 453 g/mol. The highest BCUT2D eigenvalue weighted by Crippen LogP contribution is 2.33. The van der Waals surface area contributed by atoms with Crippen molar-refractivity contribution < 1.29 is 23.9 Å². The maximum absolute atomic E-state index is 12.9. The smallest absolute Gasteiger partial charge is 0.273 e. The van der Waals surface area contributed by atoms with Gasteiger partial charge in [0.2, 0.25) is 12.7 Å². The van der Waals surface area contributed by atoms with Crippen LogP contribution in [0.4, 0.5) is 5.82 Å². The van der Waals surface area contributed by atoms with E-state index in [1.807, 2.05) is 0 Å². The minimum absolute atomic E-state index is 0.0639. The van der Waals surface area contributed by atoms with Crippen LogP contribution in [-0.4, -0.2) is 58.5 Å². The number of hydrogen-bond donors (Lipinski definition) is 2. The molecule has 2 aliphatic rings. The summed E-state index contributed by atoms with van der Waals surface area (Å²) in [5.41, 5.74) is -0.0303. The number of amides is 3. The number of carbonyl (C=O) groups is 3. The molecule has 2 aliphatic heterocycles. The van der Waals surface area contributed by atoms with Gasteiger partial charge in [0.05, 0.1) is 0 Å². The number of rotatable bonds is 4. The first kappa shape index (κ1) is 22.5. The SMILES string of the molecule is CC(C)(C)C(=O)Nc1nccnc1C(=O)NC1CCN(C(=O)c2ccc3c(c2)OCO3)CC1. The van der Waals surface area contributed by atoms with Crippen LogP contribution in [0, 0.1) is 5.41 Å². The highest BCUT2D eigenvalue weighted by molar-refractivity contribution is 6.02. The van der Waals surface area contributed by atoms with Gasteiger partial charge in [0, 0.05) is 42.5 Å². The summed E-state index contributed by atoms with van der Waals surface area (Å²) in [5, 5.41) is 5.63. The molecule has 10 heteroatoms. The Kier molecular flexibility index (Phi) is 6.17.